The van der Waals surface area contributed by atoms with E-state index in [4.69, 9.17) is 9.72 Å². The van der Waals surface area contributed by atoms with Crippen molar-refractivity contribution in [2.45, 2.75) is 37.8 Å². The van der Waals surface area contributed by atoms with Crippen LogP contribution in [0.2, 0.25) is 0 Å². The van der Waals surface area contributed by atoms with Gasteiger partial charge in [-0.15, -0.1) is 0 Å². The number of ether oxygens (including phenoxy) is 1. The molecule has 2 heterocycles. The van der Waals surface area contributed by atoms with Crippen LogP contribution in [-0.4, -0.2) is 28.6 Å². The number of hydrogen-bond acceptors (Lipinski definition) is 3. The summed E-state index contributed by atoms with van der Waals surface area (Å²) in [5.41, 5.74) is 3.05. The number of carbonyl (C=O) groups is 1. The lowest BCUT2D eigenvalue weighted by molar-refractivity contribution is -0.124. The average molecular weight is 349 g/mol. The standard InChI is InChI=1S/C21H23N3O2/c25-20(14-16-9-6-12-26-16)22-19(13-15-7-2-1-3-8-15)21-23-17-10-4-5-11-18(17)24-21/h1-5,7-8,10-11,16,19H,6,9,12-14H2,(H,22,25)(H,23,24)/t16?,19-/m0/s1. The summed E-state index contributed by atoms with van der Waals surface area (Å²) in [6, 6.07) is 17.9. The van der Waals surface area contributed by atoms with Gasteiger partial charge in [0.2, 0.25) is 5.91 Å². The molecule has 0 saturated carbocycles. The maximum atomic E-state index is 12.6. The van der Waals surface area contributed by atoms with Crippen LogP contribution in [0.15, 0.2) is 54.6 Å². The number of H-pyrrole nitrogens is 1. The second-order valence-corrected chi connectivity index (χ2v) is 6.79. The smallest absolute Gasteiger partial charge is 0.223 e. The summed E-state index contributed by atoms with van der Waals surface area (Å²) < 4.78 is 5.59. The molecule has 5 nitrogen and oxygen atoms in total. The van der Waals surface area contributed by atoms with Crippen molar-refractivity contribution in [2.24, 2.45) is 0 Å². The molecule has 0 bridgehead atoms. The van der Waals surface area contributed by atoms with E-state index in [0.717, 1.165) is 41.9 Å². The van der Waals surface area contributed by atoms with Crippen LogP contribution in [0.25, 0.3) is 11.0 Å². The summed E-state index contributed by atoms with van der Waals surface area (Å²) in [6.45, 7) is 0.759. The molecule has 5 heteroatoms. The van der Waals surface area contributed by atoms with Crippen LogP contribution in [0.3, 0.4) is 0 Å². The Labute approximate surface area is 152 Å². The largest absolute Gasteiger partial charge is 0.378 e. The average Bonchev–Trinajstić information content (AvgIpc) is 3.31. The third kappa shape index (κ3) is 3.94. The zero-order chi connectivity index (χ0) is 17.8. The molecule has 2 atom stereocenters. The third-order valence-corrected chi connectivity index (χ3v) is 4.79. The molecule has 3 aromatic rings. The normalized spacial score (nSPS) is 18.1. The number of imidazole rings is 1. The van der Waals surface area contributed by atoms with Gasteiger partial charge in [-0.3, -0.25) is 4.79 Å². The fourth-order valence-electron chi connectivity index (χ4n) is 3.47. The van der Waals surface area contributed by atoms with Crippen molar-refractivity contribution in [3.8, 4) is 0 Å². The van der Waals surface area contributed by atoms with Crippen molar-refractivity contribution in [1.82, 2.24) is 15.3 Å². The summed E-state index contributed by atoms with van der Waals surface area (Å²) in [4.78, 5) is 20.6. The predicted molar refractivity (Wildman–Crippen MR) is 101 cm³/mol. The number of hydrogen-bond donors (Lipinski definition) is 2. The minimum absolute atomic E-state index is 0.0123. The van der Waals surface area contributed by atoms with Gasteiger partial charge in [0.25, 0.3) is 0 Å². The van der Waals surface area contributed by atoms with Gasteiger partial charge < -0.3 is 15.0 Å². The first-order valence-corrected chi connectivity index (χ1v) is 9.17. The number of benzene rings is 2. The van der Waals surface area contributed by atoms with Crippen LogP contribution < -0.4 is 5.32 Å². The molecule has 134 valence electrons. The molecule has 4 rings (SSSR count). The monoisotopic (exact) mass is 349 g/mol. The molecule has 0 spiro atoms. The second kappa shape index (κ2) is 7.70. The zero-order valence-corrected chi connectivity index (χ0v) is 14.7. The minimum atomic E-state index is -0.196. The summed E-state index contributed by atoms with van der Waals surface area (Å²) in [5, 5.41) is 3.16. The van der Waals surface area contributed by atoms with Crippen LogP contribution in [0.1, 0.15) is 36.7 Å². The summed E-state index contributed by atoms with van der Waals surface area (Å²) in [7, 11) is 0. The van der Waals surface area contributed by atoms with Crippen molar-refractivity contribution < 1.29 is 9.53 Å². The Morgan fingerprint density at radius 1 is 1.19 bits per heavy atom. The molecular weight excluding hydrogens is 326 g/mol. The van der Waals surface area contributed by atoms with E-state index in [0.29, 0.717) is 12.8 Å². The van der Waals surface area contributed by atoms with Gasteiger partial charge in [0.1, 0.15) is 5.82 Å². The first-order chi connectivity index (χ1) is 12.8. The van der Waals surface area contributed by atoms with Crippen molar-refractivity contribution in [1.29, 1.82) is 0 Å². The molecular formula is C21H23N3O2. The first kappa shape index (κ1) is 16.8. The lowest BCUT2D eigenvalue weighted by atomic mass is 10.0. The lowest BCUT2D eigenvalue weighted by Crippen LogP contribution is -2.33. The van der Waals surface area contributed by atoms with Crippen LogP contribution in [0.4, 0.5) is 0 Å². The van der Waals surface area contributed by atoms with E-state index < -0.39 is 0 Å². The summed E-state index contributed by atoms with van der Waals surface area (Å²) >= 11 is 0. The molecule has 0 aliphatic carbocycles. The predicted octanol–water partition coefficient (Wildman–Crippen LogP) is 3.53. The number of aromatic amines is 1. The van der Waals surface area contributed by atoms with E-state index in [-0.39, 0.29) is 18.1 Å². The van der Waals surface area contributed by atoms with E-state index in [1.54, 1.807) is 0 Å². The molecule has 1 aliphatic heterocycles. The van der Waals surface area contributed by atoms with Crippen molar-refractivity contribution in [2.75, 3.05) is 6.61 Å². The summed E-state index contributed by atoms with van der Waals surface area (Å²) in [5.74, 6) is 0.800. The molecule has 1 unspecified atom stereocenters. The molecule has 0 radical (unpaired) electrons. The second-order valence-electron chi connectivity index (χ2n) is 6.79. The molecule has 1 saturated heterocycles. The Morgan fingerprint density at radius 2 is 2.00 bits per heavy atom. The SMILES string of the molecule is O=C(CC1CCCO1)N[C@@H](Cc1ccccc1)c1nc2ccccc2[nH]1. The van der Waals surface area contributed by atoms with E-state index in [9.17, 15) is 4.79 Å². The van der Waals surface area contributed by atoms with Gasteiger partial charge in [0.05, 0.1) is 29.6 Å². The Bertz CT molecular complexity index is 836. The maximum Gasteiger partial charge on any atom is 0.223 e. The number of rotatable bonds is 6. The van der Waals surface area contributed by atoms with Gasteiger partial charge in [-0.05, 0) is 37.0 Å². The van der Waals surface area contributed by atoms with Gasteiger partial charge in [0, 0.05) is 6.61 Å². The van der Waals surface area contributed by atoms with Gasteiger partial charge in [0.15, 0.2) is 0 Å². The highest BCUT2D eigenvalue weighted by molar-refractivity contribution is 5.78. The van der Waals surface area contributed by atoms with Gasteiger partial charge in [-0.2, -0.15) is 0 Å². The van der Waals surface area contributed by atoms with Crippen molar-refractivity contribution in [3.05, 3.63) is 66.0 Å². The number of nitrogens with zero attached hydrogens (tertiary/aromatic N) is 1. The minimum Gasteiger partial charge on any atom is -0.378 e. The van der Waals surface area contributed by atoms with Gasteiger partial charge >= 0.3 is 0 Å². The molecule has 1 aromatic heterocycles. The fourth-order valence-corrected chi connectivity index (χ4v) is 3.47. The molecule has 26 heavy (non-hydrogen) atoms. The number of nitrogens with one attached hydrogen (secondary N) is 2. The Kier molecular flexibility index (Phi) is 4.97. The molecule has 1 aliphatic rings. The van der Waals surface area contributed by atoms with E-state index in [1.165, 1.54) is 0 Å². The summed E-state index contributed by atoms with van der Waals surface area (Å²) in [6.07, 6.45) is 3.14. The number of aromatic nitrogens is 2. The van der Waals surface area contributed by atoms with Crippen molar-refractivity contribution in [3.63, 3.8) is 0 Å². The maximum absolute atomic E-state index is 12.6. The van der Waals surface area contributed by atoms with Gasteiger partial charge in [-0.25, -0.2) is 4.98 Å². The van der Waals surface area contributed by atoms with Crippen molar-refractivity contribution >= 4 is 16.9 Å². The highest BCUT2D eigenvalue weighted by atomic mass is 16.5. The van der Waals surface area contributed by atoms with Crippen LogP contribution >= 0.6 is 0 Å². The quantitative estimate of drug-likeness (QED) is 0.715. The molecule has 1 amide bonds. The highest BCUT2D eigenvalue weighted by Crippen LogP contribution is 2.21. The lowest BCUT2D eigenvalue weighted by Gasteiger charge is -2.18. The van der Waals surface area contributed by atoms with E-state index in [1.807, 2.05) is 42.5 Å². The number of para-hydroxylation sites is 2. The Morgan fingerprint density at radius 3 is 2.77 bits per heavy atom. The third-order valence-electron chi connectivity index (χ3n) is 4.79. The number of carbonyl (C=O) groups excluding carboxylic acids is 1. The molecule has 1 fully saturated rings. The van der Waals surface area contributed by atoms with E-state index >= 15 is 0 Å². The number of fused-ring (bicyclic) bond motifs is 1. The van der Waals surface area contributed by atoms with Crippen LogP contribution in [0.5, 0.6) is 0 Å². The van der Waals surface area contributed by atoms with Crippen LogP contribution in [-0.2, 0) is 16.0 Å². The zero-order valence-electron chi connectivity index (χ0n) is 14.7. The van der Waals surface area contributed by atoms with E-state index in [2.05, 4.69) is 22.4 Å². The highest BCUT2D eigenvalue weighted by Gasteiger charge is 2.23. The first-order valence-electron chi connectivity index (χ1n) is 9.17. The Hall–Kier alpha value is -2.66. The Balaban J connectivity index is 1.55. The molecule has 2 aromatic carbocycles. The molecule has 2 N–H and O–H groups in total. The van der Waals surface area contributed by atoms with Crippen LogP contribution in [0, 0.1) is 0 Å². The topological polar surface area (TPSA) is 67.0 Å². The fraction of sp³-hybridized carbons (Fsp3) is 0.333. The number of amides is 1. The van der Waals surface area contributed by atoms with Gasteiger partial charge in [-0.1, -0.05) is 42.5 Å².